The summed E-state index contributed by atoms with van der Waals surface area (Å²) >= 11 is 0. The number of carboxylic acids is 1. The van der Waals surface area contributed by atoms with Gasteiger partial charge in [0.05, 0.1) is 17.4 Å². The first-order valence-corrected chi connectivity index (χ1v) is 12.3. The molecule has 1 aliphatic heterocycles. The van der Waals surface area contributed by atoms with Crippen molar-refractivity contribution in [3.63, 3.8) is 0 Å². The molecule has 0 aliphatic carbocycles. The fourth-order valence-corrected chi connectivity index (χ4v) is 5.37. The van der Waals surface area contributed by atoms with Crippen molar-refractivity contribution in [1.82, 2.24) is 14.9 Å². The summed E-state index contributed by atoms with van der Waals surface area (Å²) in [5.74, 6) is -0.554. The molecular weight excluding hydrogens is 462 g/mol. The normalized spacial score (nSPS) is 17.7. The van der Waals surface area contributed by atoms with E-state index in [2.05, 4.69) is 14.9 Å². The van der Waals surface area contributed by atoms with Gasteiger partial charge in [0.2, 0.25) is 21.7 Å². The van der Waals surface area contributed by atoms with E-state index in [0.29, 0.717) is 41.5 Å². The van der Waals surface area contributed by atoms with Crippen molar-refractivity contribution in [2.75, 3.05) is 13.2 Å². The Labute approximate surface area is 194 Å². The van der Waals surface area contributed by atoms with E-state index in [0.717, 1.165) is 17.4 Å². The smallest absolute Gasteiger partial charge is 0.322 e. The number of nitrogens with zero attached hydrogens (tertiary/aromatic N) is 2. The predicted molar refractivity (Wildman–Crippen MR) is 122 cm³/mol. The Kier molecular flexibility index (Phi) is 5.62. The van der Waals surface area contributed by atoms with E-state index < -0.39 is 28.0 Å². The molecule has 1 saturated heterocycles. The maximum atomic E-state index is 12.8. The Bertz CT molecular complexity index is 1480. The third kappa shape index (κ3) is 4.06. The lowest BCUT2D eigenvalue weighted by Crippen LogP contribution is -2.44. The minimum absolute atomic E-state index is 0.0761. The fourth-order valence-electron chi connectivity index (χ4n) is 4.02. The zero-order chi connectivity index (χ0) is 24.0. The first-order valence-electron chi connectivity index (χ1n) is 10.9. The van der Waals surface area contributed by atoms with Crippen molar-refractivity contribution in [3.05, 3.63) is 42.3 Å². The number of furan rings is 1. The Morgan fingerprint density at radius 3 is 2.68 bits per heavy atom. The third-order valence-corrected chi connectivity index (χ3v) is 7.39. The minimum Gasteiger partial charge on any atom is -0.480 e. The van der Waals surface area contributed by atoms with Crippen LogP contribution >= 0.6 is 0 Å². The van der Waals surface area contributed by atoms with E-state index in [1.54, 1.807) is 26.0 Å². The average molecular weight is 486 g/mol. The largest absolute Gasteiger partial charge is 0.480 e. The van der Waals surface area contributed by atoms with Crippen molar-refractivity contribution in [2.24, 2.45) is 5.92 Å². The van der Waals surface area contributed by atoms with Crippen LogP contribution in [0.2, 0.25) is 0 Å². The van der Waals surface area contributed by atoms with Gasteiger partial charge in [0.15, 0.2) is 0 Å². The summed E-state index contributed by atoms with van der Waals surface area (Å²) < 4.78 is 44.6. The van der Waals surface area contributed by atoms with Gasteiger partial charge in [-0.1, -0.05) is 19.0 Å². The molecule has 3 heterocycles. The number of ether oxygens (including phenoxy) is 1. The van der Waals surface area contributed by atoms with Crippen LogP contribution in [0.15, 0.2) is 50.2 Å². The van der Waals surface area contributed by atoms with Gasteiger partial charge >= 0.3 is 5.97 Å². The van der Waals surface area contributed by atoms with Crippen molar-refractivity contribution in [1.29, 1.82) is 0 Å². The summed E-state index contributed by atoms with van der Waals surface area (Å²) in [5, 5.41) is 14.9. The number of fused-ring (bicyclic) bond motifs is 3. The number of hydrogen-bond donors (Lipinski definition) is 2. The number of nitrogens with one attached hydrogen (secondary N) is 1. The molecule has 2 aromatic heterocycles. The van der Waals surface area contributed by atoms with Gasteiger partial charge in [-0.3, -0.25) is 4.79 Å². The topological polar surface area (TPSA) is 145 Å². The molecule has 11 heteroatoms. The average Bonchev–Trinajstić information content (AvgIpc) is 3.55. The number of hydrogen-bond acceptors (Lipinski definition) is 8. The highest BCUT2D eigenvalue weighted by atomic mass is 32.2. The summed E-state index contributed by atoms with van der Waals surface area (Å²) in [5.41, 5.74) is 1.67. The molecule has 2 aromatic carbocycles. The lowest BCUT2D eigenvalue weighted by atomic mass is 10.1. The monoisotopic (exact) mass is 485 g/mol. The van der Waals surface area contributed by atoms with Crippen LogP contribution in [-0.4, -0.2) is 48.9 Å². The van der Waals surface area contributed by atoms with Gasteiger partial charge in [0, 0.05) is 29.0 Å². The number of carboxylic acid groups (broad SMARTS) is 1. The summed E-state index contributed by atoms with van der Waals surface area (Å²) in [4.78, 5) is 15.9. The molecule has 2 atom stereocenters. The Morgan fingerprint density at radius 1 is 1.15 bits per heavy atom. The lowest BCUT2D eigenvalue weighted by molar-refractivity contribution is -0.140. The van der Waals surface area contributed by atoms with E-state index in [-0.39, 0.29) is 10.8 Å². The van der Waals surface area contributed by atoms with Gasteiger partial charge in [-0.25, -0.2) is 8.42 Å². The zero-order valence-corrected chi connectivity index (χ0v) is 19.3. The Hall–Kier alpha value is -3.28. The van der Waals surface area contributed by atoms with Crippen molar-refractivity contribution >= 4 is 37.9 Å². The minimum atomic E-state index is -4.07. The maximum absolute atomic E-state index is 12.8. The molecule has 0 amide bonds. The number of aromatic nitrogens is 2. The van der Waals surface area contributed by atoms with Gasteiger partial charge in [-0.2, -0.15) is 9.71 Å². The number of benzene rings is 2. The van der Waals surface area contributed by atoms with Gasteiger partial charge in [-0.05, 0) is 42.7 Å². The Balaban J connectivity index is 1.48. The summed E-state index contributed by atoms with van der Waals surface area (Å²) in [6.45, 7) is 4.51. The molecule has 10 nitrogen and oxygen atoms in total. The quantitative estimate of drug-likeness (QED) is 0.401. The molecule has 1 aliphatic rings. The van der Waals surface area contributed by atoms with Gasteiger partial charge in [0.25, 0.3) is 0 Å². The second-order valence-corrected chi connectivity index (χ2v) is 10.4. The summed E-state index contributed by atoms with van der Waals surface area (Å²) in [7, 11) is -4.07. The van der Waals surface area contributed by atoms with E-state index in [1.165, 1.54) is 12.1 Å². The van der Waals surface area contributed by atoms with Crippen LogP contribution in [-0.2, 0) is 19.6 Å². The Morgan fingerprint density at radius 2 is 1.97 bits per heavy atom. The SMILES string of the molecule is CC(C)[C@H](NS(=O)(=O)c1ccc2c(c1)oc1ccc(-c3noc(C4CCOC4)n3)cc12)C(=O)O. The zero-order valence-electron chi connectivity index (χ0n) is 18.5. The van der Waals surface area contributed by atoms with Crippen LogP contribution in [0, 0.1) is 5.92 Å². The fraction of sp³-hybridized carbons (Fsp3) is 0.348. The number of sulfonamides is 1. The van der Waals surface area contributed by atoms with Crippen LogP contribution in [0.3, 0.4) is 0 Å². The highest BCUT2D eigenvalue weighted by Gasteiger charge is 2.29. The van der Waals surface area contributed by atoms with Gasteiger partial charge in [-0.15, -0.1) is 0 Å². The van der Waals surface area contributed by atoms with Crippen LogP contribution in [0.5, 0.6) is 0 Å². The van der Waals surface area contributed by atoms with Crippen molar-refractivity contribution in [3.8, 4) is 11.4 Å². The van der Waals surface area contributed by atoms with Crippen LogP contribution < -0.4 is 4.72 Å². The molecule has 1 unspecified atom stereocenters. The second kappa shape index (κ2) is 8.49. The van der Waals surface area contributed by atoms with Gasteiger partial charge < -0.3 is 18.8 Å². The molecule has 2 N–H and O–H groups in total. The molecule has 34 heavy (non-hydrogen) atoms. The third-order valence-electron chi connectivity index (χ3n) is 5.95. The van der Waals surface area contributed by atoms with E-state index in [1.807, 2.05) is 12.1 Å². The summed E-state index contributed by atoms with van der Waals surface area (Å²) in [6, 6.07) is 8.67. The van der Waals surface area contributed by atoms with E-state index >= 15 is 0 Å². The molecule has 0 bridgehead atoms. The van der Waals surface area contributed by atoms with Crippen LogP contribution in [0.4, 0.5) is 0 Å². The number of aliphatic carboxylic acids is 1. The highest BCUT2D eigenvalue weighted by Crippen LogP contribution is 2.34. The molecule has 0 spiro atoms. The molecule has 1 fully saturated rings. The molecular formula is C23H23N3O7S. The number of rotatable bonds is 7. The highest BCUT2D eigenvalue weighted by molar-refractivity contribution is 7.89. The lowest BCUT2D eigenvalue weighted by Gasteiger charge is -2.17. The molecule has 178 valence electrons. The first-order chi connectivity index (χ1) is 16.2. The molecule has 5 rings (SSSR count). The van der Waals surface area contributed by atoms with Crippen LogP contribution in [0.25, 0.3) is 33.3 Å². The van der Waals surface area contributed by atoms with Crippen molar-refractivity contribution in [2.45, 2.75) is 37.1 Å². The van der Waals surface area contributed by atoms with E-state index in [9.17, 15) is 18.3 Å². The summed E-state index contributed by atoms with van der Waals surface area (Å²) in [6.07, 6.45) is 0.845. The molecule has 0 saturated carbocycles. The van der Waals surface area contributed by atoms with Crippen LogP contribution in [0.1, 0.15) is 32.1 Å². The second-order valence-electron chi connectivity index (χ2n) is 8.67. The van der Waals surface area contributed by atoms with E-state index in [4.69, 9.17) is 13.7 Å². The first kappa shape index (κ1) is 22.5. The number of carbonyl (C=O) groups is 1. The van der Waals surface area contributed by atoms with Gasteiger partial charge in [0.1, 0.15) is 17.2 Å². The van der Waals surface area contributed by atoms with Crippen molar-refractivity contribution < 1.29 is 32.0 Å². The molecule has 0 radical (unpaired) electrons. The predicted octanol–water partition coefficient (Wildman–Crippen LogP) is 3.53. The standard InChI is InChI=1S/C23H23N3O7S/c1-12(2)20(23(27)28)26-34(29,30)15-4-5-16-17-9-13(3-6-18(17)32-19(16)10-15)21-24-22(33-25-21)14-7-8-31-11-14/h3-6,9-10,12,14,20,26H,7-8,11H2,1-2H3,(H,27,28)/t14?,20-/m0/s1. The maximum Gasteiger partial charge on any atom is 0.322 e. The molecule has 4 aromatic rings.